The second-order valence-electron chi connectivity index (χ2n) is 6.94. The van der Waals surface area contributed by atoms with Crippen molar-refractivity contribution in [1.29, 1.82) is 0 Å². The number of hydrogen-bond donors (Lipinski definition) is 0. The minimum atomic E-state index is -3.72. The van der Waals surface area contributed by atoms with Gasteiger partial charge in [-0.15, -0.1) is 0 Å². The Labute approximate surface area is 172 Å². The van der Waals surface area contributed by atoms with Crippen molar-refractivity contribution in [2.75, 3.05) is 46.3 Å². The Morgan fingerprint density at radius 3 is 2.48 bits per heavy atom. The van der Waals surface area contributed by atoms with Crippen LogP contribution in [0.3, 0.4) is 0 Å². The summed E-state index contributed by atoms with van der Waals surface area (Å²) in [5, 5.41) is 0. The largest absolute Gasteiger partial charge is 0.339 e. The summed E-state index contributed by atoms with van der Waals surface area (Å²) in [6.07, 6.45) is 7.02. The quantitative estimate of drug-likeness (QED) is 0.687. The Hall–Kier alpha value is -2.55. The summed E-state index contributed by atoms with van der Waals surface area (Å²) in [5.41, 5.74) is 1.17. The van der Waals surface area contributed by atoms with E-state index in [0.717, 1.165) is 23.9 Å². The zero-order chi connectivity index (χ0) is 20.7. The molecule has 1 amide bonds. The lowest BCUT2D eigenvalue weighted by Crippen LogP contribution is -2.51. The minimum Gasteiger partial charge on any atom is -0.339 e. The van der Waals surface area contributed by atoms with Crippen molar-refractivity contribution in [2.24, 2.45) is 0 Å². The average molecular weight is 415 g/mol. The monoisotopic (exact) mass is 414 g/mol. The second-order valence-corrected chi connectivity index (χ2v) is 8.99. The first-order valence-electron chi connectivity index (χ1n) is 9.55. The van der Waals surface area contributed by atoms with E-state index >= 15 is 0 Å². The van der Waals surface area contributed by atoms with E-state index in [9.17, 15) is 13.2 Å². The van der Waals surface area contributed by atoms with Gasteiger partial charge in [0.25, 0.3) is 0 Å². The number of rotatable bonds is 7. The number of benzene rings is 1. The normalized spacial score (nSPS) is 15.9. The van der Waals surface area contributed by atoms with Gasteiger partial charge < -0.3 is 4.90 Å². The third kappa shape index (κ3) is 5.72. The molecule has 0 saturated carbocycles. The lowest BCUT2D eigenvalue weighted by Gasteiger charge is -2.34. The van der Waals surface area contributed by atoms with E-state index in [2.05, 4.69) is 34.2 Å². The molecule has 3 rings (SSSR count). The van der Waals surface area contributed by atoms with Crippen molar-refractivity contribution in [3.63, 3.8) is 0 Å². The van der Waals surface area contributed by atoms with E-state index in [1.807, 2.05) is 18.2 Å². The molecule has 1 aromatic carbocycles. The SMILES string of the molecule is CN(CC(=O)N1CCN(C/C=C/c2ccccc2)CC1)S(=O)(=O)c1cccnc1. The first-order chi connectivity index (χ1) is 14.0. The molecular formula is C21H26N4O3S. The zero-order valence-electron chi connectivity index (χ0n) is 16.5. The molecule has 154 valence electrons. The van der Waals surface area contributed by atoms with Crippen LogP contribution in [-0.4, -0.2) is 79.7 Å². The number of pyridine rings is 1. The summed E-state index contributed by atoms with van der Waals surface area (Å²) in [4.78, 5) is 20.5. The predicted octanol–water partition coefficient (Wildman–Crippen LogP) is 1.56. The van der Waals surface area contributed by atoms with Crippen LogP contribution in [0.25, 0.3) is 6.08 Å². The molecule has 1 aliphatic heterocycles. The molecule has 8 heteroatoms. The number of amides is 1. The van der Waals surface area contributed by atoms with Crippen LogP contribution in [0.2, 0.25) is 0 Å². The van der Waals surface area contributed by atoms with Crippen LogP contribution in [0.4, 0.5) is 0 Å². The maximum atomic E-state index is 12.6. The molecule has 0 atom stereocenters. The number of nitrogens with zero attached hydrogens (tertiary/aromatic N) is 4. The maximum absolute atomic E-state index is 12.6. The molecule has 0 radical (unpaired) electrons. The van der Waals surface area contributed by atoms with E-state index in [4.69, 9.17) is 0 Å². The van der Waals surface area contributed by atoms with Crippen molar-refractivity contribution < 1.29 is 13.2 Å². The smallest absolute Gasteiger partial charge is 0.244 e. The Morgan fingerprint density at radius 1 is 1.10 bits per heavy atom. The fourth-order valence-electron chi connectivity index (χ4n) is 3.14. The van der Waals surface area contributed by atoms with Crippen LogP contribution in [0.5, 0.6) is 0 Å². The first-order valence-corrected chi connectivity index (χ1v) is 11.0. The number of carbonyl (C=O) groups excluding carboxylic acids is 1. The van der Waals surface area contributed by atoms with Crippen molar-refractivity contribution in [1.82, 2.24) is 19.1 Å². The lowest BCUT2D eigenvalue weighted by atomic mass is 10.2. The number of sulfonamides is 1. The van der Waals surface area contributed by atoms with Gasteiger partial charge in [-0.25, -0.2) is 8.42 Å². The molecule has 0 bridgehead atoms. The van der Waals surface area contributed by atoms with Gasteiger partial charge >= 0.3 is 0 Å². The fourth-order valence-corrected chi connectivity index (χ4v) is 4.22. The Balaban J connectivity index is 1.47. The van der Waals surface area contributed by atoms with Gasteiger partial charge in [-0.05, 0) is 17.7 Å². The van der Waals surface area contributed by atoms with E-state index in [1.165, 1.54) is 31.1 Å². The number of likely N-dealkylation sites (N-methyl/N-ethyl adjacent to an activating group) is 1. The van der Waals surface area contributed by atoms with E-state index in [0.29, 0.717) is 13.1 Å². The molecule has 0 aliphatic carbocycles. The third-order valence-electron chi connectivity index (χ3n) is 4.90. The van der Waals surface area contributed by atoms with E-state index < -0.39 is 10.0 Å². The van der Waals surface area contributed by atoms with Crippen molar-refractivity contribution in [3.8, 4) is 0 Å². The average Bonchev–Trinajstić information content (AvgIpc) is 2.75. The minimum absolute atomic E-state index is 0.0883. The summed E-state index contributed by atoms with van der Waals surface area (Å²) < 4.78 is 26.2. The lowest BCUT2D eigenvalue weighted by molar-refractivity contribution is -0.132. The molecule has 1 aromatic heterocycles. The maximum Gasteiger partial charge on any atom is 0.244 e. The highest BCUT2D eigenvalue weighted by Crippen LogP contribution is 2.13. The highest BCUT2D eigenvalue weighted by atomic mass is 32.2. The molecule has 2 aromatic rings. The first kappa shape index (κ1) is 21.2. The highest BCUT2D eigenvalue weighted by molar-refractivity contribution is 7.89. The van der Waals surface area contributed by atoms with Crippen LogP contribution in [0.15, 0.2) is 65.8 Å². The third-order valence-corrected chi connectivity index (χ3v) is 6.69. The topological polar surface area (TPSA) is 73.8 Å². The van der Waals surface area contributed by atoms with Gasteiger partial charge in [0, 0.05) is 52.2 Å². The molecule has 7 nitrogen and oxygen atoms in total. The van der Waals surface area contributed by atoms with Crippen molar-refractivity contribution >= 4 is 22.0 Å². The van der Waals surface area contributed by atoms with Gasteiger partial charge in [-0.3, -0.25) is 14.7 Å². The zero-order valence-corrected chi connectivity index (χ0v) is 17.3. The molecule has 2 heterocycles. The fraction of sp³-hybridized carbons (Fsp3) is 0.333. The molecule has 1 aliphatic rings. The van der Waals surface area contributed by atoms with Crippen LogP contribution in [0, 0.1) is 0 Å². The standard InChI is InChI=1S/C21H26N4O3S/c1-23(29(27,28)20-10-5-11-22-17-20)18-21(26)25-15-13-24(14-16-25)12-6-9-19-7-3-2-4-8-19/h2-11,17H,12-16,18H2,1H3/b9-6+. The van der Waals surface area contributed by atoms with Crippen LogP contribution >= 0.6 is 0 Å². The predicted molar refractivity (Wildman–Crippen MR) is 113 cm³/mol. The van der Waals surface area contributed by atoms with Crippen molar-refractivity contribution in [3.05, 3.63) is 66.5 Å². The van der Waals surface area contributed by atoms with Crippen molar-refractivity contribution in [2.45, 2.75) is 4.90 Å². The van der Waals surface area contributed by atoms with Gasteiger partial charge in [-0.2, -0.15) is 4.31 Å². The molecule has 1 saturated heterocycles. The van der Waals surface area contributed by atoms with Gasteiger partial charge in [0.15, 0.2) is 0 Å². The summed E-state index contributed by atoms with van der Waals surface area (Å²) in [7, 11) is -2.30. The van der Waals surface area contributed by atoms with E-state index in [-0.39, 0.29) is 17.3 Å². The van der Waals surface area contributed by atoms with Gasteiger partial charge in [-0.1, -0.05) is 42.5 Å². The molecule has 29 heavy (non-hydrogen) atoms. The Kier molecular flexibility index (Phi) is 7.13. The summed E-state index contributed by atoms with van der Waals surface area (Å²) in [6.45, 7) is 3.38. The summed E-state index contributed by atoms with van der Waals surface area (Å²) in [6, 6.07) is 13.2. The van der Waals surface area contributed by atoms with Gasteiger partial charge in [0.1, 0.15) is 4.90 Å². The Bertz CT molecular complexity index is 925. The van der Waals surface area contributed by atoms with Crippen LogP contribution in [-0.2, 0) is 14.8 Å². The molecular weight excluding hydrogens is 388 g/mol. The highest BCUT2D eigenvalue weighted by Gasteiger charge is 2.27. The van der Waals surface area contributed by atoms with Gasteiger partial charge in [0.2, 0.25) is 15.9 Å². The Morgan fingerprint density at radius 2 is 1.83 bits per heavy atom. The number of aromatic nitrogens is 1. The summed E-state index contributed by atoms with van der Waals surface area (Å²) >= 11 is 0. The molecule has 1 fully saturated rings. The number of piperazine rings is 1. The van der Waals surface area contributed by atoms with Gasteiger partial charge in [0.05, 0.1) is 6.54 Å². The number of carbonyl (C=O) groups is 1. The van der Waals surface area contributed by atoms with E-state index in [1.54, 1.807) is 11.0 Å². The summed E-state index contributed by atoms with van der Waals surface area (Å²) in [5.74, 6) is -0.181. The number of hydrogen-bond acceptors (Lipinski definition) is 5. The second kappa shape index (κ2) is 9.78. The van der Waals surface area contributed by atoms with Crippen LogP contribution in [0.1, 0.15) is 5.56 Å². The van der Waals surface area contributed by atoms with Crippen LogP contribution < -0.4 is 0 Å². The molecule has 0 N–H and O–H groups in total. The molecule has 0 spiro atoms. The molecule has 0 unspecified atom stereocenters.